The molecule has 0 aromatic carbocycles. The summed E-state index contributed by atoms with van der Waals surface area (Å²) in [6.45, 7) is 12.0. The first-order chi connectivity index (χ1) is 4.13. The molecule has 0 amide bonds. The first-order valence-corrected chi connectivity index (χ1v) is 7.61. The van der Waals surface area contributed by atoms with Crippen LogP contribution in [0.15, 0.2) is 24.3 Å². The monoisotopic (exact) mass is 174 g/mol. The molecule has 0 aliphatic carbocycles. The Morgan fingerprint density at radius 3 is 1.67 bits per heavy atom. The van der Waals surface area contributed by atoms with Crippen molar-refractivity contribution >= 4 is 0 Å². The van der Waals surface area contributed by atoms with Gasteiger partial charge in [0.15, 0.2) is 0 Å². The Balaban J connectivity index is 3.10. The van der Waals surface area contributed by atoms with Gasteiger partial charge in [-0.3, -0.25) is 0 Å². The number of allylic oxidation sites excluding steroid dienone is 2. The molecule has 0 nitrogen and oxygen atoms in total. The molecule has 0 unspecified atom stereocenters. The molecule has 0 radical (unpaired) electrons. The van der Waals surface area contributed by atoms with Crippen LogP contribution in [-0.4, -0.2) is 0 Å². The molecule has 0 fully saturated rings. The molecule has 0 saturated carbocycles. The van der Waals surface area contributed by atoms with Crippen LogP contribution in [0, 0.1) is 0 Å². The van der Waals surface area contributed by atoms with Crippen molar-refractivity contribution in [3.8, 4) is 0 Å². The Morgan fingerprint density at radius 2 is 1.44 bits per heavy atom. The van der Waals surface area contributed by atoms with Gasteiger partial charge >= 0.3 is 65.3 Å². The van der Waals surface area contributed by atoms with Gasteiger partial charge in [-0.2, -0.15) is 0 Å². The first-order valence-electron chi connectivity index (χ1n) is 3.41. The normalized spacial score (nSPS) is 8.22. The van der Waals surface area contributed by atoms with E-state index in [0.29, 0.717) is 0 Å². The Morgan fingerprint density at radius 1 is 1.11 bits per heavy atom. The fraction of sp³-hybridized carbons (Fsp3) is 0.500. The molecule has 0 aliphatic rings. The molecule has 0 saturated heterocycles. The van der Waals surface area contributed by atoms with Crippen LogP contribution in [0.5, 0.6) is 0 Å². The zero-order chi connectivity index (χ0) is 7.28. The standard InChI is InChI=1S/2C4H7.Zn/c2*1-4(2)3;/h2*1-2H2,3H3;. The number of rotatable bonds is 4. The molecular formula is C8H14Zn. The second kappa shape index (κ2) is 4.93. The minimum absolute atomic E-state index is 0.266. The average molecular weight is 176 g/mol. The average Bonchev–Trinajstić information content (AvgIpc) is 1.63. The van der Waals surface area contributed by atoms with Crippen LogP contribution in [0.3, 0.4) is 0 Å². The van der Waals surface area contributed by atoms with Gasteiger partial charge in [-0.25, -0.2) is 0 Å². The van der Waals surface area contributed by atoms with Crippen molar-refractivity contribution in [1.82, 2.24) is 0 Å². The maximum absolute atomic E-state index is 3.87. The summed E-state index contributed by atoms with van der Waals surface area (Å²) in [6.07, 6.45) is 0. The van der Waals surface area contributed by atoms with E-state index in [1.165, 1.54) is 21.2 Å². The second-order valence-electron chi connectivity index (χ2n) is 2.77. The van der Waals surface area contributed by atoms with Crippen molar-refractivity contribution in [3.63, 3.8) is 0 Å². The van der Waals surface area contributed by atoms with Gasteiger partial charge in [0.1, 0.15) is 0 Å². The summed E-state index contributed by atoms with van der Waals surface area (Å²) in [5.41, 5.74) is 2.72. The molecule has 48 valence electrons. The number of hydrogen-bond acceptors (Lipinski definition) is 0. The van der Waals surface area contributed by atoms with E-state index >= 15 is 0 Å². The van der Waals surface area contributed by atoms with Crippen molar-refractivity contribution in [1.29, 1.82) is 0 Å². The van der Waals surface area contributed by atoms with Gasteiger partial charge < -0.3 is 0 Å². The van der Waals surface area contributed by atoms with Crippen LogP contribution >= 0.6 is 0 Å². The fourth-order valence-electron chi connectivity index (χ4n) is 0.692. The molecule has 0 spiro atoms. The predicted molar refractivity (Wildman–Crippen MR) is 39.2 cm³/mol. The van der Waals surface area contributed by atoms with E-state index in [0.717, 1.165) is 0 Å². The zero-order valence-electron chi connectivity index (χ0n) is 6.54. The Bertz CT molecular complexity index is 99.7. The van der Waals surface area contributed by atoms with E-state index in [-0.39, 0.29) is 17.1 Å². The molecule has 1 heteroatoms. The molecule has 0 atom stereocenters. The van der Waals surface area contributed by atoms with Crippen molar-refractivity contribution in [2.75, 3.05) is 0 Å². The predicted octanol–water partition coefficient (Wildman–Crippen LogP) is 3.06. The molecule has 0 aromatic rings. The first kappa shape index (κ1) is 9.10. The summed E-state index contributed by atoms with van der Waals surface area (Å²) in [6, 6.07) is 0. The van der Waals surface area contributed by atoms with Gasteiger partial charge in [0.05, 0.1) is 0 Å². The molecule has 9 heavy (non-hydrogen) atoms. The third-order valence-corrected chi connectivity index (χ3v) is 6.27. The number of hydrogen-bond donors (Lipinski definition) is 0. The summed E-state index contributed by atoms with van der Waals surface area (Å²) >= 11 is -0.266. The van der Waals surface area contributed by atoms with E-state index in [9.17, 15) is 0 Å². The van der Waals surface area contributed by atoms with Crippen LogP contribution in [0.4, 0.5) is 0 Å². The molecule has 0 aliphatic heterocycles. The van der Waals surface area contributed by atoms with Gasteiger partial charge in [0, 0.05) is 0 Å². The maximum atomic E-state index is 3.87. The second-order valence-corrected chi connectivity index (χ2v) is 6.35. The fourth-order valence-corrected chi connectivity index (χ4v) is 3.60. The van der Waals surface area contributed by atoms with Crippen molar-refractivity contribution in [2.45, 2.75) is 23.9 Å². The third kappa shape index (κ3) is 8.10. The summed E-state index contributed by atoms with van der Waals surface area (Å²) in [4.78, 5) is 0. The van der Waals surface area contributed by atoms with Gasteiger partial charge in [-0.1, -0.05) is 0 Å². The Kier molecular flexibility index (Phi) is 4.99. The summed E-state index contributed by atoms with van der Waals surface area (Å²) in [7, 11) is 0. The van der Waals surface area contributed by atoms with Gasteiger partial charge in [-0.05, 0) is 0 Å². The van der Waals surface area contributed by atoms with Gasteiger partial charge in [-0.15, -0.1) is 0 Å². The SMILES string of the molecule is C=C(C)[CH2][Zn][CH2]C(=C)C. The van der Waals surface area contributed by atoms with Gasteiger partial charge in [0.2, 0.25) is 0 Å². The summed E-state index contributed by atoms with van der Waals surface area (Å²) in [5.74, 6) is 0. The topological polar surface area (TPSA) is 0 Å². The minimum atomic E-state index is -0.266. The van der Waals surface area contributed by atoms with Crippen LogP contribution in [-0.2, 0) is 17.1 Å². The van der Waals surface area contributed by atoms with E-state index in [4.69, 9.17) is 0 Å². The van der Waals surface area contributed by atoms with Crippen LogP contribution < -0.4 is 0 Å². The third-order valence-electron chi connectivity index (χ3n) is 1.21. The molecular weight excluding hydrogens is 161 g/mol. The van der Waals surface area contributed by atoms with E-state index in [2.05, 4.69) is 27.0 Å². The molecule has 0 rings (SSSR count). The molecule has 0 heterocycles. The van der Waals surface area contributed by atoms with Crippen LogP contribution in [0.1, 0.15) is 13.8 Å². The molecule has 0 bridgehead atoms. The van der Waals surface area contributed by atoms with Crippen LogP contribution in [0.2, 0.25) is 10.0 Å². The van der Waals surface area contributed by atoms with E-state index < -0.39 is 0 Å². The van der Waals surface area contributed by atoms with E-state index in [1.807, 2.05) is 0 Å². The summed E-state index contributed by atoms with van der Waals surface area (Å²) in [5, 5.41) is 2.67. The van der Waals surface area contributed by atoms with Crippen molar-refractivity contribution in [2.24, 2.45) is 0 Å². The molecule has 0 N–H and O–H groups in total. The molecule has 0 aromatic heterocycles. The summed E-state index contributed by atoms with van der Waals surface area (Å²) < 4.78 is 0. The zero-order valence-corrected chi connectivity index (χ0v) is 9.50. The quantitative estimate of drug-likeness (QED) is 0.455. The van der Waals surface area contributed by atoms with E-state index in [1.54, 1.807) is 0 Å². The van der Waals surface area contributed by atoms with Crippen LogP contribution in [0.25, 0.3) is 0 Å². The van der Waals surface area contributed by atoms with Gasteiger partial charge in [0.25, 0.3) is 0 Å². The Labute approximate surface area is 65.6 Å². The van der Waals surface area contributed by atoms with Crippen molar-refractivity contribution < 1.29 is 17.1 Å². The Hall–Kier alpha value is 0.103. The van der Waals surface area contributed by atoms with Crippen molar-refractivity contribution in [3.05, 3.63) is 24.3 Å².